The molecule has 0 aromatic carbocycles. The number of methoxy groups -OCH3 is 1. The zero-order valence-electron chi connectivity index (χ0n) is 6.51. The standard InChI is InChI=1S/C7H10O5/c1-11-7(10)6-5(9)4(8)2-3-12-6/h2-6,8-9H,1H3/t4-,5+,6-/m1/s1. The lowest BCUT2D eigenvalue weighted by Crippen LogP contribution is -2.45. The second-order valence-electron chi connectivity index (χ2n) is 2.39. The lowest BCUT2D eigenvalue weighted by Gasteiger charge is -2.25. The Morgan fingerprint density at radius 2 is 2.25 bits per heavy atom. The van der Waals surface area contributed by atoms with Crippen molar-refractivity contribution in [3.63, 3.8) is 0 Å². The molecule has 0 fully saturated rings. The zero-order valence-corrected chi connectivity index (χ0v) is 6.51. The SMILES string of the molecule is COC(=O)[C@@H]1OC=C[C@@H](O)[C@@H]1O. The summed E-state index contributed by atoms with van der Waals surface area (Å²) in [7, 11) is 1.18. The first-order valence-corrected chi connectivity index (χ1v) is 3.43. The Labute approximate surface area is 69.2 Å². The molecule has 1 heterocycles. The van der Waals surface area contributed by atoms with Crippen molar-refractivity contribution in [3.8, 4) is 0 Å². The minimum absolute atomic E-state index is 0.703. The molecule has 1 rings (SSSR count). The van der Waals surface area contributed by atoms with E-state index in [4.69, 9.17) is 9.84 Å². The molecule has 1 aliphatic rings. The number of ether oxygens (including phenoxy) is 2. The summed E-state index contributed by atoms with van der Waals surface area (Å²) in [6, 6.07) is 0. The molecule has 2 N–H and O–H groups in total. The van der Waals surface area contributed by atoms with Crippen molar-refractivity contribution in [1.29, 1.82) is 0 Å². The van der Waals surface area contributed by atoms with Gasteiger partial charge in [0.15, 0.2) is 0 Å². The molecule has 0 aliphatic carbocycles. The molecule has 0 amide bonds. The first-order valence-electron chi connectivity index (χ1n) is 3.43. The third-order valence-corrected chi connectivity index (χ3v) is 1.59. The average molecular weight is 174 g/mol. The maximum Gasteiger partial charge on any atom is 0.349 e. The van der Waals surface area contributed by atoms with Crippen LogP contribution in [-0.2, 0) is 14.3 Å². The van der Waals surface area contributed by atoms with Gasteiger partial charge in [0.25, 0.3) is 0 Å². The molecule has 0 bridgehead atoms. The molecule has 0 saturated carbocycles. The largest absolute Gasteiger partial charge is 0.484 e. The van der Waals surface area contributed by atoms with E-state index in [0.29, 0.717) is 0 Å². The molecule has 1 aliphatic heterocycles. The summed E-state index contributed by atoms with van der Waals surface area (Å²) in [4.78, 5) is 10.9. The van der Waals surface area contributed by atoms with Crippen LogP contribution in [0.2, 0.25) is 0 Å². The molecule has 0 spiro atoms. The van der Waals surface area contributed by atoms with Gasteiger partial charge in [-0.1, -0.05) is 0 Å². The topological polar surface area (TPSA) is 76.0 Å². The predicted molar refractivity (Wildman–Crippen MR) is 38.0 cm³/mol. The van der Waals surface area contributed by atoms with E-state index in [2.05, 4.69) is 4.74 Å². The van der Waals surface area contributed by atoms with Crippen LogP contribution in [0, 0.1) is 0 Å². The van der Waals surface area contributed by atoms with Gasteiger partial charge in [0.2, 0.25) is 6.10 Å². The highest BCUT2D eigenvalue weighted by Gasteiger charge is 2.35. The Morgan fingerprint density at radius 3 is 2.83 bits per heavy atom. The molecule has 0 unspecified atom stereocenters. The van der Waals surface area contributed by atoms with Gasteiger partial charge in [-0.2, -0.15) is 0 Å². The van der Waals surface area contributed by atoms with E-state index in [1.165, 1.54) is 19.4 Å². The highest BCUT2D eigenvalue weighted by Crippen LogP contribution is 2.13. The molecular weight excluding hydrogens is 164 g/mol. The Hall–Kier alpha value is -1.07. The number of hydrogen-bond donors (Lipinski definition) is 2. The van der Waals surface area contributed by atoms with Crippen molar-refractivity contribution in [2.75, 3.05) is 7.11 Å². The summed E-state index contributed by atoms with van der Waals surface area (Å²) in [5.41, 5.74) is 0. The summed E-state index contributed by atoms with van der Waals surface area (Å²) < 4.78 is 9.09. The molecule has 0 aromatic heterocycles. The van der Waals surface area contributed by atoms with Gasteiger partial charge in [-0.15, -0.1) is 0 Å². The molecule has 5 nitrogen and oxygen atoms in total. The number of esters is 1. The second kappa shape index (κ2) is 3.55. The van der Waals surface area contributed by atoms with Crippen LogP contribution in [-0.4, -0.2) is 41.6 Å². The van der Waals surface area contributed by atoms with Crippen molar-refractivity contribution in [2.45, 2.75) is 18.3 Å². The van der Waals surface area contributed by atoms with Crippen LogP contribution in [0.1, 0.15) is 0 Å². The van der Waals surface area contributed by atoms with E-state index >= 15 is 0 Å². The van der Waals surface area contributed by atoms with Crippen molar-refractivity contribution in [3.05, 3.63) is 12.3 Å². The number of rotatable bonds is 1. The van der Waals surface area contributed by atoms with E-state index in [1.54, 1.807) is 0 Å². The van der Waals surface area contributed by atoms with E-state index in [1.807, 2.05) is 0 Å². The molecule has 5 heteroatoms. The van der Waals surface area contributed by atoms with Crippen LogP contribution in [0.3, 0.4) is 0 Å². The first-order chi connectivity index (χ1) is 5.66. The van der Waals surface area contributed by atoms with Gasteiger partial charge in [0.05, 0.1) is 13.4 Å². The Kier molecular flexibility index (Phi) is 2.67. The summed E-state index contributed by atoms with van der Waals surface area (Å²) in [6.07, 6.45) is -1.05. The van der Waals surface area contributed by atoms with Crippen LogP contribution in [0.15, 0.2) is 12.3 Å². The van der Waals surface area contributed by atoms with Gasteiger partial charge in [0.1, 0.15) is 12.2 Å². The minimum Gasteiger partial charge on any atom is -0.484 e. The van der Waals surface area contributed by atoms with Gasteiger partial charge in [0, 0.05) is 0 Å². The third-order valence-electron chi connectivity index (χ3n) is 1.59. The lowest BCUT2D eigenvalue weighted by molar-refractivity contribution is -0.163. The number of aliphatic hydroxyl groups excluding tert-OH is 2. The molecule has 3 atom stereocenters. The van der Waals surface area contributed by atoms with E-state index in [0.717, 1.165) is 0 Å². The molecule has 0 radical (unpaired) electrons. The van der Waals surface area contributed by atoms with Gasteiger partial charge in [-0.3, -0.25) is 0 Å². The Bertz CT molecular complexity index is 200. The van der Waals surface area contributed by atoms with Gasteiger partial charge >= 0.3 is 5.97 Å². The van der Waals surface area contributed by atoms with Crippen molar-refractivity contribution >= 4 is 5.97 Å². The number of aliphatic hydroxyl groups is 2. The van der Waals surface area contributed by atoms with E-state index in [9.17, 15) is 9.90 Å². The van der Waals surface area contributed by atoms with E-state index in [-0.39, 0.29) is 0 Å². The second-order valence-corrected chi connectivity index (χ2v) is 2.39. The number of carbonyl (C=O) groups is 1. The summed E-state index contributed by atoms with van der Waals surface area (Å²) in [6.45, 7) is 0. The van der Waals surface area contributed by atoms with Crippen LogP contribution in [0.25, 0.3) is 0 Å². The molecule has 68 valence electrons. The average Bonchev–Trinajstić information content (AvgIpc) is 2.08. The zero-order chi connectivity index (χ0) is 9.14. The fraction of sp³-hybridized carbons (Fsp3) is 0.571. The molecule has 0 saturated heterocycles. The van der Waals surface area contributed by atoms with Gasteiger partial charge in [-0.25, -0.2) is 4.79 Å². The maximum atomic E-state index is 10.9. The van der Waals surface area contributed by atoms with Crippen molar-refractivity contribution in [1.82, 2.24) is 0 Å². The van der Waals surface area contributed by atoms with Gasteiger partial charge < -0.3 is 19.7 Å². The van der Waals surface area contributed by atoms with Crippen molar-refractivity contribution < 1.29 is 24.5 Å². The summed E-state index contributed by atoms with van der Waals surface area (Å²) in [5.74, 6) is -0.703. The monoisotopic (exact) mass is 174 g/mol. The van der Waals surface area contributed by atoms with E-state index < -0.39 is 24.3 Å². The van der Waals surface area contributed by atoms with Gasteiger partial charge in [-0.05, 0) is 6.08 Å². The predicted octanol–water partition coefficient (Wildman–Crippen LogP) is -1.21. The normalized spacial score (nSPS) is 34.1. The fourth-order valence-corrected chi connectivity index (χ4v) is 0.895. The highest BCUT2D eigenvalue weighted by atomic mass is 16.6. The summed E-state index contributed by atoms with van der Waals surface area (Å²) >= 11 is 0. The van der Waals surface area contributed by atoms with Crippen molar-refractivity contribution in [2.24, 2.45) is 0 Å². The van der Waals surface area contributed by atoms with Crippen LogP contribution >= 0.6 is 0 Å². The number of hydrogen-bond acceptors (Lipinski definition) is 5. The smallest absolute Gasteiger partial charge is 0.349 e. The quantitative estimate of drug-likeness (QED) is 0.488. The third kappa shape index (κ3) is 1.57. The number of carbonyl (C=O) groups excluding carboxylic acids is 1. The fourth-order valence-electron chi connectivity index (χ4n) is 0.895. The van der Waals surface area contributed by atoms with Crippen LogP contribution < -0.4 is 0 Å². The minimum atomic E-state index is -1.26. The first kappa shape index (κ1) is 9.02. The Balaban J connectivity index is 2.67. The van der Waals surface area contributed by atoms with Crippen LogP contribution in [0.5, 0.6) is 0 Å². The molecular formula is C7H10O5. The molecule has 0 aromatic rings. The summed E-state index contributed by atoms with van der Waals surface area (Å²) in [5, 5.41) is 18.3. The highest BCUT2D eigenvalue weighted by molar-refractivity contribution is 5.75. The maximum absolute atomic E-state index is 10.9. The Morgan fingerprint density at radius 1 is 1.58 bits per heavy atom. The van der Waals surface area contributed by atoms with Crippen LogP contribution in [0.4, 0.5) is 0 Å². The lowest BCUT2D eigenvalue weighted by atomic mass is 10.1. The molecule has 12 heavy (non-hydrogen) atoms.